The molecule has 3 aromatic rings. The van der Waals surface area contributed by atoms with E-state index in [0.717, 1.165) is 34.6 Å². The molecule has 4 nitrogen and oxygen atoms in total. The minimum absolute atomic E-state index is 0.0896. The minimum Gasteiger partial charge on any atom is -0.491 e. The van der Waals surface area contributed by atoms with E-state index in [0.29, 0.717) is 19.6 Å². The highest BCUT2D eigenvalue weighted by atomic mass is 16.5. The Bertz CT molecular complexity index is 823. The maximum Gasteiger partial charge on any atom is 0.122 e. The van der Waals surface area contributed by atoms with E-state index < -0.39 is 0 Å². The molecule has 0 aliphatic rings. The number of ether oxygens (including phenoxy) is 1. The molecule has 0 bridgehead atoms. The van der Waals surface area contributed by atoms with Crippen molar-refractivity contribution in [2.45, 2.75) is 19.4 Å². The van der Waals surface area contributed by atoms with Crippen LogP contribution in [0.1, 0.15) is 11.4 Å². The van der Waals surface area contributed by atoms with Crippen LogP contribution in [0.5, 0.6) is 5.75 Å². The van der Waals surface area contributed by atoms with Crippen molar-refractivity contribution in [3.63, 3.8) is 0 Å². The van der Waals surface area contributed by atoms with E-state index in [1.54, 1.807) is 0 Å². The van der Waals surface area contributed by atoms with Gasteiger partial charge in [-0.05, 0) is 30.2 Å². The fourth-order valence-electron chi connectivity index (χ4n) is 2.88. The molecule has 0 unspecified atom stereocenters. The first-order valence-corrected chi connectivity index (χ1v) is 8.20. The van der Waals surface area contributed by atoms with Gasteiger partial charge in [-0.2, -0.15) is 0 Å². The predicted molar refractivity (Wildman–Crippen MR) is 96.4 cm³/mol. The van der Waals surface area contributed by atoms with E-state index in [4.69, 9.17) is 4.74 Å². The average Bonchev–Trinajstić information content (AvgIpc) is 2.95. The maximum absolute atomic E-state index is 9.27. The summed E-state index contributed by atoms with van der Waals surface area (Å²) in [4.78, 5) is 4.61. The highest BCUT2D eigenvalue weighted by Crippen LogP contribution is 2.20. The van der Waals surface area contributed by atoms with Crippen LogP contribution in [0.4, 0.5) is 0 Å². The van der Waals surface area contributed by atoms with E-state index in [1.165, 1.54) is 0 Å². The second-order valence-corrected chi connectivity index (χ2v) is 5.59. The number of nitrogens with zero attached hydrogens (tertiary/aromatic N) is 2. The monoisotopic (exact) mass is 322 g/mol. The van der Waals surface area contributed by atoms with Gasteiger partial charge in [-0.3, -0.25) is 0 Å². The summed E-state index contributed by atoms with van der Waals surface area (Å²) in [5.74, 6) is 1.78. The van der Waals surface area contributed by atoms with Crippen molar-refractivity contribution in [1.82, 2.24) is 9.55 Å². The second-order valence-electron chi connectivity index (χ2n) is 5.59. The zero-order valence-electron chi connectivity index (χ0n) is 13.7. The van der Waals surface area contributed by atoms with Crippen molar-refractivity contribution < 1.29 is 9.84 Å². The Hall–Kier alpha value is -2.59. The van der Waals surface area contributed by atoms with Crippen LogP contribution >= 0.6 is 0 Å². The van der Waals surface area contributed by atoms with Gasteiger partial charge in [0.25, 0.3) is 0 Å². The summed E-state index contributed by atoms with van der Waals surface area (Å²) in [6.07, 6.45) is 3.21. The Labute approximate surface area is 142 Å². The van der Waals surface area contributed by atoms with Gasteiger partial charge in [-0.15, -0.1) is 6.58 Å². The lowest BCUT2D eigenvalue weighted by Crippen LogP contribution is -2.12. The molecule has 0 saturated heterocycles. The number of aliphatic hydroxyl groups is 1. The number of rotatable bonds is 8. The maximum atomic E-state index is 9.27. The molecule has 0 fully saturated rings. The van der Waals surface area contributed by atoms with E-state index in [2.05, 4.69) is 28.3 Å². The van der Waals surface area contributed by atoms with E-state index >= 15 is 0 Å². The molecule has 1 N–H and O–H groups in total. The molecule has 24 heavy (non-hydrogen) atoms. The van der Waals surface area contributed by atoms with Gasteiger partial charge in [0.1, 0.15) is 18.2 Å². The highest BCUT2D eigenvalue weighted by Gasteiger charge is 2.10. The van der Waals surface area contributed by atoms with Crippen LogP contribution in [-0.2, 0) is 19.4 Å². The fraction of sp³-hybridized carbons (Fsp3) is 0.250. The molecule has 4 heteroatoms. The van der Waals surface area contributed by atoms with Gasteiger partial charge in [0.2, 0.25) is 0 Å². The van der Waals surface area contributed by atoms with Crippen LogP contribution in [0.2, 0.25) is 0 Å². The summed E-state index contributed by atoms with van der Waals surface area (Å²) < 4.78 is 8.11. The molecular weight excluding hydrogens is 300 g/mol. The van der Waals surface area contributed by atoms with E-state index in [9.17, 15) is 5.11 Å². The highest BCUT2D eigenvalue weighted by molar-refractivity contribution is 5.75. The summed E-state index contributed by atoms with van der Waals surface area (Å²) in [6, 6.07) is 16.1. The summed E-state index contributed by atoms with van der Waals surface area (Å²) in [5, 5.41) is 9.27. The van der Waals surface area contributed by atoms with Crippen LogP contribution in [-0.4, -0.2) is 27.9 Å². The Kier molecular flexibility index (Phi) is 5.29. The minimum atomic E-state index is 0.0896. The molecule has 0 aliphatic carbocycles. The average molecular weight is 322 g/mol. The first-order valence-electron chi connectivity index (χ1n) is 8.20. The Balaban J connectivity index is 1.76. The standard InChI is InChI=1S/C20H22N2O2/c1-2-7-16-8-3-6-11-19(16)24-15-13-22-18-10-5-4-9-17(18)21-20(22)12-14-23/h2-6,8-11,23H,1,7,12-15H2. The molecule has 1 aromatic heterocycles. The molecule has 2 aromatic carbocycles. The molecule has 3 rings (SSSR count). The fourth-order valence-corrected chi connectivity index (χ4v) is 2.88. The second kappa shape index (κ2) is 7.79. The Morgan fingerprint density at radius 2 is 1.92 bits per heavy atom. The predicted octanol–water partition coefficient (Wildman–Crippen LogP) is 3.38. The van der Waals surface area contributed by atoms with Gasteiger partial charge < -0.3 is 14.4 Å². The van der Waals surface area contributed by atoms with E-state index in [-0.39, 0.29) is 6.61 Å². The lowest BCUT2D eigenvalue weighted by Gasteiger charge is -2.12. The van der Waals surface area contributed by atoms with Crippen molar-refractivity contribution in [3.05, 3.63) is 72.6 Å². The largest absolute Gasteiger partial charge is 0.491 e. The third-order valence-corrected chi connectivity index (χ3v) is 3.98. The summed E-state index contributed by atoms with van der Waals surface area (Å²) >= 11 is 0. The SMILES string of the molecule is C=CCc1ccccc1OCCn1c(CCO)nc2ccccc21. The molecule has 0 aliphatic heterocycles. The molecule has 0 atom stereocenters. The van der Waals surface area contributed by atoms with Gasteiger partial charge in [-0.1, -0.05) is 36.4 Å². The molecule has 124 valence electrons. The van der Waals surface area contributed by atoms with Gasteiger partial charge in [0, 0.05) is 6.42 Å². The number of hydrogen-bond acceptors (Lipinski definition) is 3. The molecular formula is C20H22N2O2. The molecule has 0 radical (unpaired) electrons. The Morgan fingerprint density at radius 3 is 2.75 bits per heavy atom. The quantitative estimate of drug-likeness (QED) is 0.647. The van der Waals surface area contributed by atoms with Gasteiger partial charge in [-0.25, -0.2) is 4.98 Å². The number of aromatic nitrogens is 2. The lowest BCUT2D eigenvalue weighted by molar-refractivity contribution is 0.282. The van der Waals surface area contributed by atoms with Crippen LogP contribution in [0, 0.1) is 0 Å². The zero-order valence-corrected chi connectivity index (χ0v) is 13.7. The van der Waals surface area contributed by atoms with Crippen LogP contribution < -0.4 is 4.74 Å². The van der Waals surface area contributed by atoms with Crippen molar-refractivity contribution in [3.8, 4) is 5.75 Å². The van der Waals surface area contributed by atoms with Crippen molar-refractivity contribution in [2.24, 2.45) is 0 Å². The van der Waals surface area contributed by atoms with Crippen molar-refractivity contribution in [2.75, 3.05) is 13.2 Å². The van der Waals surface area contributed by atoms with Gasteiger partial charge in [0.15, 0.2) is 0 Å². The number of benzene rings is 2. The summed E-state index contributed by atoms with van der Waals surface area (Å²) in [5.41, 5.74) is 3.16. The summed E-state index contributed by atoms with van der Waals surface area (Å²) in [6.45, 7) is 5.12. The van der Waals surface area contributed by atoms with Crippen molar-refractivity contribution >= 4 is 11.0 Å². The number of fused-ring (bicyclic) bond motifs is 1. The van der Waals surface area contributed by atoms with Crippen LogP contribution in [0.3, 0.4) is 0 Å². The zero-order chi connectivity index (χ0) is 16.8. The number of imidazole rings is 1. The van der Waals surface area contributed by atoms with Gasteiger partial charge in [0.05, 0.1) is 24.2 Å². The molecule has 0 amide bonds. The number of aliphatic hydroxyl groups excluding tert-OH is 1. The first kappa shape index (κ1) is 16.3. The number of hydrogen-bond donors (Lipinski definition) is 1. The van der Waals surface area contributed by atoms with Gasteiger partial charge >= 0.3 is 0 Å². The molecule has 1 heterocycles. The number of allylic oxidation sites excluding steroid dienone is 1. The topological polar surface area (TPSA) is 47.3 Å². The number of para-hydroxylation sites is 3. The first-order chi connectivity index (χ1) is 11.8. The normalized spacial score (nSPS) is 10.9. The third-order valence-electron chi connectivity index (χ3n) is 3.98. The Morgan fingerprint density at radius 1 is 1.12 bits per heavy atom. The third kappa shape index (κ3) is 3.49. The van der Waals surface area contributed by atoms with Crippen LogP contribution in [0.15, 0.2) is 61.2 Å². The smallest absolute Gasteiger partial charge is 0.122 e. The summed E-state index contributed by atoms with van der Waals surface area (Å²) in [7, 11) is 0. The van der Waals surface area contributed by atoms with E-state index in [1.807, 2.05) is 42.5 Å². The van der Waals surface area contributed by atoms with Crippen molar-refractivity contribution in [1.29, 1.82) is 0 Å². The molecule has 0 spiro atoms. The molecule has 0 saturated carbocycles. The lowest BCUT2D eigenvalue weighted by atomic mass is 10.1. The van der Waals surface area contributed by atoms with Crippen LogP contribution in [0.25, 0.3) is 11.0 Å².